The van der Waals surface area contributed by atoms with Crippen LogP contribution in [0.15, 0.2) is 33.9 Å². The topological polar surface area (TPSA) is 102 Å². The van der Waals surface area contributed by atoms with Gasteiger partial charge in [-0.25, -0.2) is 12.8 Å². The van der Waals surface area contributed by atoms with Gasteiger partial charge in [0, 0.05) is 6.26 Å². The number of hydrogen-bond donors (Lipinski definition) is 1. The maximum absolute atomic E-state index is 12.8. The van der Waals surface area contributed by atoms with Crippen LogP contribution in [0.1, 0.15) is 24.4 Å². The van der Waals surface area contributed by atoms with Crippen molar-refractivity contribution in [1.29, 1.82) is 0 Å². The maximum atomic E-state index is 12.8. The summed E-state index contributed by atoms with van der Waals surface area (Å²) in [4.78, 5) is 11.9. The lowest BCUT2D eigenvalue weighted by atomic mass is 10.1. The van der Waals surface area contributed by atoms with Crippen LogP contribution in [0.4, 0.5) is 4.39 Å². The van der Waals surface area contributed by atoms with Crippen LogP contribution < -0.4 is 5.32 Å². The van der Waals surface area contributed by atoms with E-state index in [2.05, 4.69) is 15.5 Å². The van der Waals surface area contributed by atoms with Gasteiger partial charge < -0.3 is 9.73 Å². The Hall–Kier alpha value is -2.29. The van der Waals surface area contributed by atoms with E-state index in [0.29, 0.717) is 5.56 Å². The van der Waals surface area contributed by atoms with E-state index in [-0.39, 0.29) is 24.0 Å². The van der Waals surface area contributed by atoms with Crippen molar-refractivity contribution < 1.29 is 22.0 Å². The number of aromatic nitrogens is 2. The average Bonchev–Trinajstić information content (AvgIpc) is 2.91. The molecule has 0 saturated heterocycles. The zero-order valence-corrected chi connectivity index (χ0v) is 12.7. The third-order valence-corrected chi connectivity index (χ3v) is 3.56. The summed E-state index contributed by atoms with van der Waals surface area (Å²) < 4.78 is 40.3. The molecule has 118 valence electrons. The third kappa shape index (κ3) is 4.10. The van der Waals surface area contributed by atoms with Crippen molar-refractivity contribution in [3.05, 3.63) is 41.5 Å². The van der Waals surface area contributed by atoms with Gasteiger partial charge in [0.15, 0.2) is 0 Å². The van der Waals surface area contributed by atoms with Crippen molar-refractivity contribution in [3.8, 4) is 0 Å². The van der Waals surface area contributed by atoms with Crippen LogP contribution >= 0.6 is 0 Å². The van der Waals surface area contributed by atoms with Crippen molar-refractivity contribution in [2.24, 2.45) is 0 Å². The summed E-state index contributed by atoms with van der Waals surface area (Å²) in [5, 5.41) is 9.11. The van der Waals surface area contributed by atoms with E-state index in [9.17, 15) is 17.6 Å². The van der Waals surface area contributed by atoms with Crippen molar-refractivity contribution in [1.82, 2.24) is 15.5 Å². The monoisotopic (exact) mass is 327 g/mol. The Morgan fingerprint density at radius 3 is 2.50 bits per heavy atom. The number of nitrogens with one attached hydrogen (secondary N) is 1. The van der Waals surface area contributed by atoms with E-state index >= 15 is 0 Å². The Labute approximate surface area is 126 Å². The molecule has 0 bridgehead atoms. The number of nitrogens with zero attached hydrogens (tertiary/aromatic N) is 2. The number of rotatable bonds is 5. The van der Waals surface area contributed by atoms with Crippen LogP contribution in [0.2, 0.25) is 0 Å². The Morgan fingerprint density at radius 2 is 1.95 bits per heavy atom. The largest absolute Gasteiger partial charge is 0.410 e. The highest BCUT2D eigenvalue weighted by molar-refractivity contribution is 7.90. The quantitative estimate of drug-likeness (QED) is 0.880. The Morgan fingerprint density at radius 1 is 1.32 bits per heavy atom. The average molecular weight is 327 g/mol. The van der Waals surface area contributed by atoms with Crippen molar-refractivity contribution in [3.63, 3.8) is 0 Å². The first-order valence-corrected chi connectivity index (χ1v) is 8.22. The molecule has 0 fully saturated rings. The van der Waals surface area contributed by atoms with Crippen molar-refractivity contribution in [2.45, 2.75) is 24.6 Å². The maximum Gasteiger partial charge on any atom is 0.335 e. The van der Waals surface area contributed by atoms with Gasteiger partial charge in [0.2, 0.25) is 21.6 Å². The van der Waals surface area contributed by atoms with Gasteiger partial charge in [-0.2, -0.15) is 0 Å². The minimum Gasteiger partial charge on any atom is -0.410 e. The first kappa shape index (κ1) is 16.1. The molecular weight excluding hydrogens is 313 g/mol. The molecule has 0 saturated carbocycles. The number of carbonyl (C=O) groups excluding carboxylic acids is 1. The van der Waals surface area contributed by atoms with Gasteiger partial charge in [0.1, 0.15) is 11.9 Å². The summed E-state index contributed by atoms with van der Waals surface area (Å²) in [6.07, 6.45) is 1.000. The molecule has 2 aromatic rings. The zero-order chi connectivity index (χ0) is 16.3. The van der Waals surface area contributed by atoms with Crippen LogP contribution in [0.25, 0.3) is 0 Å². The smallest absolute Gasteiger partial charge is 0.335 e. The van der Waals surface area contributed by atoms with E-state index in [1.165, 1.54) is 24.3 Å². The molecule has 0 aliphatic rings. The summed E-state index contributed by atoms with van der Waals surface area (Å²) in [6, 6.07) is 4.91. The highest BCUT2D eigenvalue weighted by atomic mass is 32.2. The molecule has 0 unspecified atom stereocenters. The van der Waals surface area contributed by atoms with Gasteiger partial charge in [0.25, 0.3) is 0 Å². The Kier molecular flexibility index (Phi) is 4.55. The number of sulfone groups is 1. The number of carbonyl (C=O) groups is 1. The predicted molar refractivity (Wildman–Crippen MR) is 74.1 cm³/mol. The summed E-state index contributed by atoms with van der Waals surface area (Å²) in [6.45, 7) is 1.59. The van der Waals surface area contributed by atoms with Gasteiger partial charge in [-0.05, 0) is 24.6 Å². The molecule has 1 atom stereocenters. The third-order valence-electron chi connectivity index (χ3n) is 2.77. The lowest BCUT2D eigenvalue weighted by Gasteiger charge is -2.09. The summed E-state index contributed by atoms with van der Waals surface area (Å²) in [5.41, 5.74) is 0.647. The fourth-order valence-corrected chi connectivity index (χ4v) is 2.11. The first-order valence-electron chi connectivity index (χ1n) is 6.33. The van der Waals surface area contributed by atoms with Gasteiger partial charge >= 0.3 is 5.22 Å². The zero-order valence-electron chi connectivity index (χ0n) is 11.9. The molecule has 1 aromatic carbocycles. The predicted octanol–water partition coefficient (Wildman–Crippen LogP) is 1.03. The van der Waals surface area contributed by atoms with Crippen molar-refractivity contribution in [2.75, 3.05) is 6.26 Å². The molecule has 1 heterocycles. The molecule has 1 aromatic heterocycles. The van der Waals surface area contributed by atoms with Gasteiger partial charge in [-0.1, -0.05) is 17.2 Å². The molecule has 9 heteroatoms. The highest BCUT2D eigenvalue weighted by Gasteiger charge is 2.21. The van der Waals surface area contributed by atoms with Gasteiger partial charge in [-0.15, -0.1) is 5.10 Å². The lowest BCUT2D eigenvalue weighted by molar-refractivity contribution is -0.121. The molecule has 0 spiro atoms. The fraction of sp³-hybridized carbons (Fsp3) is 0.308. The van der Waals surface area contributed by atoms with Crippen LogP contribution in [0, 0.1) is 5.82 Å². The van der Waals surface area contributed by atoms with E-state index < -0.39 is 21.1 Å². The molecule has 2 rings (SSSR count). The normalized spacial score (nSPS) is 12.9. The number of halogens is 1. The lowest BCUT2D eigenvalue weighted by Crippen LogP contribution is -2.28. The second-order valence-corrected chi connectivity index (χ2v) is 6.66. The number of amides is 1. The Balaban J connectivity index is 1.99. The number of hydrogen-bond acceptors (Lipinski definition) is 6. The van der Waals surface area contributed by atoms with Crippen LogP contribution in [-0.2, 0) is 21.1 Å². The van der Waals surface area contributed by atoms with Gasteiger partial charge in [0.05, 0.1) is 6.42 Å². The standard InChI is InChI=1S/C13H14FN3O4S/c1-8(12-16-17-13(21-12)22(2,19)20)15-11(18)7-9-3-5-10(14)6-4-9/h3-6,8H,7H2,1-2H3,(H,15,18)/t8-/m0/s1. The molecule has 1 N–H and O–H groups in total. The molecule has 7 nitrogen and oxygen atoms in total. The molecule has 1 amide bonds. The van der Waals surface area contributed by atoms with E-state index in [1.807, 2.05) is 0 Å². The highest BCUT2D eigenvalue weighted by Crippen LogP contribution is 2.14. The molecule has 0 radical (unpaired) electrons. The molecule has 22 heavy (non-hydrogen) atoms. The van der Waals surface area contributed by atoms with Crippen LogP contribution in [-0.4, -0.2) is 30.8 Å². The molecule has 0 aliphatic carbocycles. The van der Waals surface area contributed by atoms with Gasteiger partial charge in [-0.3, -0.25) is 4.79 Å². The first-order chi connectivity index (χ1) is 10.3. The molecular formula is C13H14FN3O4S. The van der Waals surface area contributed by atoms with E-state index in [0.717, 1.165) is 6.26 Å². The fourth-order valence-electron chi connectivity index (χ4n) is 1.69. The second-order valence-electron chi connectivity index (χ2n) is 4.77. The minimum absolute atomic E-state index is 0.00659. The summed E-state index contributed by atoms with van der Waals surface area (Å²) in [7, 11) is -3.59. The summed E-state index contributed by atoms with van der Waals surface area (Å²) in [5.74, 6) is -0.720. The van der Waals surface area contributed by atoms with Crippen LogP contribution in [0.3, 0.4) is 0 Å². The SMILES string of the molecule is C[C@H](NC(=O)Cc1ccc(F)cc1)c1nnc(S(C)(=O)=O)o1. The number of benzene rings is 1. The van der Waals surface area contributed by atoms with Crippen molar-refractivity contribution >= 4 is 15.7 Å². The Bertz CT molecular complexity index is 771. The summed E-state index contributed by atoms with van der Waals surface area (Å²) >= 11 is 0. The second kappa shape index (κ2) is 6.22. The minimum atomic E-state index is -3.59. The molecule has 0 aliphatic heterocycles. The van der Waals surface area contributed by atoms with E-state index in [4.69, 9.17) is 4.42 Å². The van der Waals surface area contributed by atoms with E-state index in [1.54, 1.807) is 6.92 Å². The van der Waals surface area contributed by atoms with Crippen LogP contribution in [0.5, 0.6) is 0 Å².